The van der Waals surface area contributed by atoms with Crippen LogP contribution in [0.3, 0.4) is 0 Å². The van der Waals surface area contributed by atoms with E-state index in [0.29, 0.717) is 13.0 Å². The third kappa shape index (κ3) is 8.39. The van der Waals surface area contributed by atoms with Gasteiger partial charge in [-0.1, -0.05) is 20.8 Å². The van der Waals surface area contributed by atoms with Gasteiger partial charge in [-0.3, -0.25) is 9.69 Å². The maximum atomic E-state index is 11.3. The lowest BCUT2D eigenvalue weighted by Crippen LogP contribution is -2.40. The molecule has 90 valence electrons. The van der Waals surface area contributed by atoms with Crippen LogP contribution >= 0.6 is 0 Å². The first kappa shape index (κ1) is 14.4. The zero-order chi connectivity index (χ0) is 11.9. The number of aliphatic hydroxyl groups excluding tert-OH is 1. The zero-order valence-electron chi connectivity index (χ0n) is 10.3. The average molecular weight is 216 g/mol. The molecule has 0 fully saturated rings. The highest BCUT2D eigenvalue weighted by Crippen LogP contribution is 2.15. The van der Waals surface area contributed by atoms with Gasteiger partial charge in [-0.2, -0.15) is 0 Å². The quantitative estimate of drug-likeness (QED) is 0.678. The number of carbonyl (C=O) groups is 1. The van der Waals surface area contributed by atoms with Crippen molar-refractivity contribution in [3.8, 4) is 0 Å². The summed E-state index contributed by atoms with van der Waals surface area (Å²) in [6, 6.07) is 0. The van der Waals surface area contributed by atoms with Crippen LogP contribution in [0.25, 0.3) is 0 Å². The fourth-order valence-electron chi connectivity index (χ4n) is 1.46. The lowest BCUT2D eigenvalue weighted by Gasteiger charge is -2.29. The Kier molecular flexibility index (Phi) is 6.52. The van der Waals surface area contributed by atoms with Crippen molar-refractivity contribution in [2.45, 2.75) is 27.2 Å². The molecule has 0 radical (unpaired) electrons. The highest BCUT2D eigenvalue weighted by atomic mass is 16.3. The number of hydrogen-bond acceptors (Lipinski definition) is 3. The van der Waals surface area contributed by atoms with Crippen LogP contribution in [-0.2, 0) is 4.79 Å². The van der Waals surface area contributed by atoms with E-state index in [4.69, 9.17) is 5.11 Å². The van der Waals surface area contributed by atoms with Crippen LogP contribution in [0.2, 0.25) is 0 Å². The van der Waals surface area contributed by atoms with E-state index in [1.54, 1.807) is 7.05 Å². The van der Waals surface area contributed by atoms with E-state index in [0.717, 1.165) is 13.1 Å². The topological polar surface area (TPSA) is 52.6 Å². The van der Waals surface area contributed by atoms with Crippen LogP contribution in [0.4, 0.5) is 0 Å². The maximum absolute atomic E-state index is 11.3. The fourth-order valence-corrected chi connectivity index (χ4v) is 1.46. The molecular weight excluding hydrogens is 192 g/mol. The highest BCUT2D eigenvalue weighted by Gasteiger charge is 2.17. The molecule has 0 aromatic rings. The van der Waals surface area contributed by atoms with Crippen molar-refractivity contribution in [2.75, 3.05) is 33.3 Å². The average Bonchev–Trinajstić information content (AvgIpc) is 2.11. The zero-order valence-corrected chi connectivity index (χ0v) is 10.3. The lowest BCUT2D eigenvalue weighted by molar-refractivity contribution is -0.122. The van der Waals surface area contributed by atoms with Crippen LogP contribution in [-0.4, -0.2) is 49.2 Å². The van der Waals surface area contributed by atoms with E-state index in [9.17, 15) is 4.79 Å². The summed E-state index contributed by atoms with van der Waals surface area (Å²) in [5, 5.41) is 11.4. The molecule has 15 heavy (non-hydrogen) atoms. The van der Waals surface area contributed by atoms with E-state index < -0.39 is 0 Å². The minimum Gasteiger partial charge on any atom is -0.396 e. The molecule has 0 unspecified atom stereocenters. The SMILES string of the molecule is CNC(=O)CN(CCCO)CC(C)(C)C. The summed E-state index contributed by atoms with van der Waals surface area (Å²) in [6.45, 7) is 8.64. The smallest absolute Gasteiger partial charge is 0.233 e. The molecule has 0 heterocycles. The normalized spacial score (nSPS) is 11.9. The van der Waals surface area contributed by atoms with E-state index in [1.165, 1.54) is 0 Å². The van der Waals surface area contributed by atoms with E-state index in [1.807, 2.05) is 0 Å². The number of likely N-dealkylation sites (N-methyl/N-ethyl adjacent to an activating group) is 1. The Labute approximate surface area is 92.7 Å². The van der Waals surface area contributed by atoms with Crippen molar-refractivity contribution < 1.29 is 9.90 Å². The van der Waals surface area contributed by atoms with Crippen molar-refractivity contribution in [3.63, 3.8) is 0 Å². The number of aliphatic hydroxyl groups is 1. The van der Waals surface area contributed by atoms with Gasteiger partial charge >= 0.3 is 0 Å². The minimum absolute atomic E-state index is 0.0252. The molecule has 4 heteroatoms. The molecule has 0 spiro atoms. The molecule has 4 nitrogen and oxygen atoms in total. The number of nitrogens with one attached hydrogen (secondary N) is 1. The van der Waals surface area contributed by atoms with Crippen LogP contribution < -0.4 is 5.32 Å². The number of hydrogen-bond donors (Lipinski definition) is 2. The minimum atomic E-state index is 0.0252. The van der Waals surface area contributed by atoms with Crippen LogP contribution in [0.5, 0.6) is 0 Å². The predicted octanol–water partition coefficient (Wildman–Crippen LogP) is 0.463. The van der Waals surface area contributed by atoms with Gasteiger partial charge in [-0.05, 0) is 11.8 Å². The molecule has 0 aromatic heterocycles. The van der Waals surface area contributed by atoms with Crippen molar-refractivity contribution in [2.24, 2.45) is 5.41 Å². The second-order valence-corrected chi connectivity index (χ2v) is 5.02. The van der Waals surface area contributed by atoms with Gasteiger partial charge in [0, 0.05) is 26.7 Å². The summed E-state index contributed by atoms with van der Waals surface area (Å²) in [6.07, 6.45) is 0.715. The highest BCUT2D eigenvalue weighted by molar-refractivity contribution is 5.77. The monoisotopic (exact) mass is 216 g/mol. The molecule has 1 amide bonds. The van der Waals surface area contributed by atoms with Crippen molar-refractivity contribution in [1.29, 1.82) is 0 Å². The predicted molar refractivity (Wildman–Crippen MR) is 61.7 cm³/mol. The Bertz CT molecular complexity index is 188. The summed E-state index contributed by atoms with van der Waals surface area (Å²) >= 11 is 0. The second-order valence-electron chi connectivity index (χ2n) is 5.02. The van der Waals surface area contributed by atoms with Gasteiger partial charge in [0.05, 0.1) is 6.54 Å². The summed E-state index contributed by atoms with van der Waals surface area (Å²) < 4.78 is 0. The summed E-state index contributed by atoms with van der Waals surface area (Å²) in [5.41, 5.74) is 0.170. The second kappa shape index (κ2) is 6.80. The van der Waals surface area contributed by atoms with Crippen molar-refractivity contribution >= 4 is 5.91 Å². The van der Waals surface area contributed by atoms with Crippen LogP contribution in [0.1, 0.15) is 27.2 Å². The maximum Gasteiger partial charge on any atom is 0.233 e. The molecular formula is C11H24N2O2. The van der Waals surface area contributed by atoms with Crippen LogP contribution in [0, 0.1) is 5.41 Å². The molecule has 0 aliphatic rings. The van der Waals surface area contributed by atoms with Gasteiger partial charge < -0.3 is 10.4 Å². The van der Waals surface area contributed by atoms with Gasteiger partial charge in [-0.15, -0.1) is 0 Å². The number of amides is 1. The van der Waals surface area contributed by atoms with Gasteiger partial charge in [0.2, 0.25) is 5.91 Å². The summed E-state index contributed by atoms with van der Waals surface area (Å²) in [4.78, 5) is 13.3. The fraction of sp³-hybridized carbons (Fsp3) is 0.909. The molecule has 0 aliphatic carbocycles. The third-order valence-corrected chi connectivity index (χ3v) is 1.98. The Morgan fingerprint density at radius 2 is 2.00 bits per heavy atom. The van der Waals surface area contributed by atoms with Crippen molar-refractivity contribution in [3.05, 3.63) is 0 Å². The first-order valence-electron chi connectivity index (χ1n) is 5.43. The van der Waals surface area contributed by atoms with Gasteiger partial charge in [0.15, 0.2) is 0 Å². The van der Waals surface area contributed by atoms with E-state index >= 15 is 0 Å². The molecule has 0 saturated carbocycles. The molecule has 0 saturated heterocycles. The first-order chi connectivity index (χ1) is 6.89. The molecule has 0 bridgehead atoms. The number of nitrogens with zero attached hydrogens (tertiary/aromatic N) is 1. The van der Waals surface area contributed by atoms with E-state index in [-0.39, 0.29) is 17.9 Å². The van der Waals surface area contributed by atoms with Gasteiger partial charge in [0.1, 0.15) is 0 Å². The van der Waals surface area contributed by atoms with Crippen molar-refractivity contribution in [1.82, 2.24) is 10.2 Å². The molecule has 0 rings (SSSR count). The molecule has 0 aliphatic heterocycles. The third-order valence-electron chi connectivity index (χ3n) is 1.98. The Morgan fingerprint density at radius 1 is 1.40 bits per heavy atom. The molecule has 0 aromatic carbocycles. The standard InChI is InChI=1S/C11H24N2O2/c1-11(2,3)9-13(6-5-7-14)8-10(15)12-4/h14H,5-9H2,1-4H3,(H,12,15). The van der Waals surface area contributed by atoms with Gasteiger partial charge in [-0.25, -0.2) is 0 Å². The number of carbonyl (C=O) groups excluding carboxylic acids is 1. The largest absolute Gasteiger partial charge is 0.396 e. The van der Waals surface area contributed by atoms with Crippen LogP contribution in [0.15, 0.2) is 0 Å². The Hall–Kier alpha value is -0.610. The Balaban J connectivity index is 4.12. The molecule has 2 N–H and O–H groups in total. The summed E-state index contributed by atoms with van der Waals surface area (Å²) in [5.74, 6) is 0.0252. The Morgan fingerprint density at radius 3 is 2.40 bits per heavy atom. The lowest BCUT2D eigenvalue weighted by atomic mass is 9.96. The molecule has 0 atom stereocenters. The first-order valence-corrected chi connectivity index (χ1v) is 5.43. The number of rotatable bonds is 6. The van der Waals surface area contributed by atoms with E-state index in [2.05, 4.69) is 31.0 Å². The summed E-state index contributed by atoms with van der Waals surface area (Å²) in [7, 11) is 1.64. The van der Waals surface area contributed by atoms with Gasteiger partial charge in [0.25, 0.3) is 0 Å².